The third kappa shape index (κ3) is 4.19. The lowest BCUT2D eigenvalue weighted by atomic mass is 10.2. The second-order valence-corrected chi connectivity index (χ2v) is 4.52. The highest BCUT2D eigenvalue weighted by Crippen LogP contribution is 2.14. The quantitative estimate of drug-likeness (QED) is 0.493. The Labute approximate surface area is 93.7 Å². The van der Waals surface area contributed by atoms with E-state index in [1.165, 1.54) is 38.8 Å². The van der Waals surface area contributed by atoms with Crippen LogP contribution in [-0.4, -0.2) is 49.1 Å². The zero-order chi connectivity index (χ0) is 11.1. The average Bonchev–Trinajstić information content (AvgIpc) is 2.67. The van der Waals surface area contributed by atoms with Crippen LogP contribution in [0.4, 0.5) is 0 Å². The Hall–Kier alpha value is -0.590. The van der Waals surface area contributed by atoms with Crippen LogP contribution in [0.25, 0.3) is 0 Å². The van der Waals surface area contributed by atoms with Crippen LogP contribution >= 0.6 is 0 Å². The molecule has 15 heavy (non-hydrogen) atoms. The molecule has 1 heterocycles. The van der Waals surface area contributed by atoms with Crippen LogP contribution < -0.4 is 0 Å². The molecule has 0 aromatic carbocycles. The molecule has 1 atom stereocenters. The van der Waals surface area contributed by atoms with Gasteiger partial charge in [0, 0.05) is 12.6 Å². The van der Waals surface area contributed by atoms with Gasteiger partial charge in [0.15, 0.2) is 0 Å². The Morgan fingerprint density at radius 1 is 1.47 bits per heavy atom. The first-order valence-corrected chi connectivity index (χ1v) is 6.07. The fourth-order valence-corrected chi connectivity index (χ4v) is 2.20. The maximum atomic E-state index is 8.63. The van der Waals surface area contributed by atoms with Gasteiger partial charge in [0.05, 0.1) is 12.6 Å². The van der Waals surface area contributed by atoms with Crippen molar-refractivity contribution >= 4 is 0 Å². The van der Waals surface area contributed by atoms with E-state index in [-0.39, 0.29) is 0 Å². The van der Waals surface area contributed by atoms with E-state index in [9.17, 15) is 0 Å². The van der Waals surface area contributed by atoms with E-state index in [0.717, 1.165) is 6.54 Å². The van der Waals surface area contributed by atoms with Gasteiger partial charge < -0.3 is 4.90 Å². The van der Waals surface area contributed by atoms with E-state index in [1.54, 1.807) is 0 Å². The van der Waals surface area contributed by atoms with Crippen molar-refractivity contribution in [2.75, 3.05) is 33.2 Å². The molecule has 0 aromatic heterocycles. The fraction of sp³-hybridized carbons (Fsp3) is 0.917. The Morgan fingerprint density at radius 2 is 2.27 bits per heavy atom. The van der Waals surface area contributed by atoms with Crippen molar-refractivity contribution in [3.05, 3.63) is 0 Å². The number of likely N-dealkylation sites (N-methyl/N-ethyl adjacent to an activating group) is 1. The van der Waals surface area contributed by atoms with E-state index >= 15 is 0 Å². The van der Waals surface area contributed by atoms with Crippen LogP contribution in [-0.2, 0) is 0 Å². The number of likely N-dealkylation sites (tertiary alicyclic amines) is 1. The lowest BCUT2D eigenvalue weighted by Gasteiger charge is -2.21. The summed E-state index contributed by atoms with van der Waals surface area (Å²) in [5.41, 5.74) is 0. The molecule has 0 spiro atoms. The van der Waals surface area contributed by atoms with Crippen molar-refractivity contribution in [2.45, 2.75) is 38.6 Å². The molecule has 1 rings (SSSR count). The zero-order valence-electron chi connectivity index (χ0n) is 10.1. The van der Waals surface area contributed by atoms with Gasteiger partial charge in [-0.15, -0.1) is 0 Å². The molecule has 3 heteroatoms. The summed E-state index contributed by atoms with van der Waals surface area (Å²) >= 11 is 0. The van der Waals surface area contributed by atoms with Crippen LogP contribution in [0.5, 0.6) is 0 Å². The average molecular weight is 209 g/mol. The molecule has 1 aliphatic rings. The molecule has 0 aliphatic carbocycles. The highest BCUT2D eigenvalue weighted by Gasteiger charge is 2.24. The van der Waals surface area contributed by atoms with E-state index in [0.29, 0.717) is 12.6 Å². The molecule has 1 aliphatic heterocycles. The van der Waals surface area contributed by atoms with E-state index in [2.05, 4.69) is 29.8 Å². The predicted molar refractivity (Wildman–Crippen MR) is 62.6 cm³/mol. The Morgan fingerprint density at radius 3 is 2.93 bits per heavy atom. The normalized spacial score (nSPS) is 22.1. The topological polar surface area (TPSA) is 30.3 Å². The summed E-state index contributed by atoms with van der Waals surface area (Å²) < 4.78 is 0. The first-order valence-electron chi connectivity index (χ1n) is 6.07. The summed E-state index contributed by atoms with van der Waals surface area (Å²) in [7, 11) is 2.06. The van der Waals surface area contributed by atoms with Crippen LogP contribution in [0.15, 0.2) is 0 Å². The minimum absolute atomic E-state index is 0.563. The standard InChI is InChI=1S/C12H23N3/c1-3-4-5-8-15-9-6-12(11-15)14(2)10-7-13/h12H,3-6,8-11H2,1-2H3. The number of hydrogen-bond donors (Lipinski definition) is 0. The van der Waals surface area contributed by atoms with E-state index in [4.69, 9.17) is 5.26 Å². The number of nitriles is 1. The van der Waals surface area contributed by atoms with Crippen LogP contribution in [0, 0.1) is 11.3 Å². The molecular weight excluding hydrogens is 186 g/mol. The van der Waals surface area contributed by atoms with Gasteiger partial charge >= 0.3 is 0 Å². The number of nitrogens with zero attached hydrogens (tertiary/aromatic N) is 3. The summed E-state index contributed by atoms with van der Waals surface area (Å²) in [6.45, 7) is 6.41. The molecule has 0 saturated carbocycles. The summed E-state index contributed by atoms with van der Waals surface area (Å²) in [4.78, 5) is 4.72. The second kappa shape index (κ2) is 6.81. The highest BCUT2D eigenvalue weighted by molar-refractivity contribution is 4.86. The van der Waals surface area contributed by atoms with Crippen molar-refractivity contribution < 1.29 is 0 Å². The van der Waals surface area contributed by atoms with Gasteiger partial charge in [-0.05, 0) is 33.0 Å². The van der Waals surface area contributed by atoms with Crippen molar-refractivity contribution in [2.24, 2.45) is 0 Å². The molecule has 0 aromatic rings. The van der Waals surface area contributed by atoms with Gasteiger partial charge in [-0.2, -0.15) is 5.26 Å². The lowest BCUT2D eigenvalue weighted by Crippen LogP contribution is -2.34. The third-order valence-corrected chi connectivity index (χ3v) is 3.27. The van der Waals surface area contributed by atoms with Crippen molar-refractivity contribution in [1.29, 1.82) is 5.26 Å². The molecule has 1 unspecified atom stereocenters. The largest absolute Gasteiger partial charge is 0.302 e. The van der Waals surface area contributed by atoms with Crippen LogP contribution in [0.2, 0.25) is 0 Å². The van der Waals surface area contributed by atoms with Crippen molar-refractivity contribution in [3.8, 4) is 6.07 Å². The van der Waals surface area contributed by atoms with E-state index in [1.807, 2.05) is 0 Å². The minimum Gasteiger partial charge on any atom is -0.302 e. The second-order valence-electron chi connectivity index (χ2n) is 4.52. The maximum absolute atomic E-state index is 8.63. The molecule has 0 bridgehead atoms. The van der Waals surface area contributed by atoms with E-state index < -0.39 is 0 Å². The third-order valence-electron chi connectivity index (χ3n) is 3.27. The number of unbranched alkanes of at least 4 members (excludes halogenated alkanes) is 2. The fourth-order valence-electron chi connectivity index (χ4n) is 2.20. The summed E-state index contributed by atoms with van der Waals surface area (Å²) in [5, 5.41) is 8.63. The SMILES string of the molecule is CCCCCN1CCC(N(C)CC#N)C1. The first kappa shape index (κ1) is 12.5. The molecule has 0 radical (unpaired) electrons. The Balaban J connectivity index is 2.18. The molecule has 0 amide bonds. The van der Waals surface area contributed by atoms with Crippen LogP contribution in [0.3, 0.4) is 0 Å². The highest BCUT2D eigenvalue weighted by atomic mass is 15.2. The molecule has 1 saturated heterocycles. The monoisotopic (exact) mass is 209 g/mol. The van der Waals surface area contributed by atoms with Gasteiger partial charge in [-0.25, -0.2) is 0 Å². The summed E-state index contributed by atoms with van der Waals surface area (Å²) in [6.07, 6.45) is 5.19. The Bertz CT molecular complexity index is 209. The van der Waals surface area contributed by atoms with Crippen LogP contribution in [0.1, 0.15) is 32.6 Å². The van der Waals surface area contributed by atoms with Gasteiger partial charge in [0.25, 0.3) is 0 Å². The Kier molecular flexibility index (Phi) is 5.67. The maximum Gasteiger partial charge on any atom is 0.0866 e. The van der Waals surface area contributed by atoms with Gasteiger partial charge in [-0.3, -0.25) is 4.90 Å². The lowest BCUT2D eigenvalue weighted by molar-refractivity contribution is 0.250. The summed E-state index contributed by atoms with van der Waals surface area (Å²) in [6, 6.07) is 2.82. The van der Waals surface area contributed by atoms with Gasteiger partial charge in [0.2, 0.25) is 0 Å². The zero-order valence-corrected chi connectivity index (χ0v) is 10.1. The minimum atomic E-state index is 0.563. The predicted octanol–water partition coefficient (Wildman–Crippen LogP) is 1.71. The molecule has 3 nitrogen and oxygen atoms in total. The number of hydrogen-bond acceptors (Lipinski definition) is 3. The molecular formula is C12H23N3. The van der Waals surface area contributed by atoms with Crippen molar-refractivity contribution in [1.82, 2.24) is 9.80 Å². The van der Waals surface area contributed by atoms with Gasteiger partial charge in [-0.1, -0.05) is 19.8 Å². The van der Waals surface area contributed by atoms with Crippen molar-refractivity contribution in [3.63, 3.8) is 0 Å². The molecule has 86 valence electrons. The molecule has 0 N–H and O–H groups in total. The summed E-state index contributed by atoms with van der Waals surface area (Å²) in [5.74, 6) is 0. The number of rotatable bonds is 6. The first-order chi connectivity index (χ1) is 7.27. The van der Waals surface area contributed by atoms with Gasteiger partial charge in [0.1, 0.15) is 0 Å². The molecule has 1 fully saturated rings. The smallest absolute Gasteiger partial charge is 0.0866 e.